The molecule has 1 fully saturated rings. The van der Waals surface area contributed by atoms with Gasteiger partial charge in [0.2, 0.25) is 0 Å². The molecular weight excluding hydrogens is 222 g/mol. The van der Waals surface area contributed by atoms with E-state index in [1.165, 1.54) is 24.0 Å². The van der Waals surface area contributed by atoms with Gasteiger partial charge < -0.3 is 10.4 Å². The molecule has 2 N–H and O–H groups in total. The molecule has 2 heteroatoms. The van der Waals surface area contributed by atoms with Gasteiger partial charge in [-0.25, -0.2) is 0 Å². The van der Waals surface area contributed by atoms with Gasteiger partial charge in [0, 0.05) is 5.54 Å². The van der Waals surface area contributed by atoms with Crippen molar-refractivity contribution in [2.24, 2.45) is 0 Å². The third-order valence-electron chi connectivity index (χ3n) is 3.99. The minimum Gasteiger partial charge on any atom is -0.390 e. The molecule has 0 aliphatic carbocycles. The van der Waals surface area contributed by atoms with E-state index >= 15 is 0 Å². The Morgan fingerprint density at radius 2 is 1.94 bits per heavy atom. The molecule has 2 rings (SSSR count). The van der Waals surface area contributed by atoms with Crippen molar-refractivity contribution in [1.29, 1.82) is 0 Å². The van der Waals surface area contributed by atoms with Gasteiger partial charge in [0.1, 0.15) is 0 Å². The van der Waals surface area contributed by atoms with Crippen LogP contribution in [0.25, 0.3) is 0 Å². The number of aryl methyl sites for hydroxylation is 1. The Kier molecular flexibility index (Phi) is 3.79. The van der Waals surface area contributed by atoms with E-state index in [1.807, 2.05) is 13.8 Å². The first-order valence-corrected chi connectivity index (χ1v) is 6.96. The summed E-state index contributed by atoms with van der Waals surface area (Å²) >= 11 is 0. The van der Waals surface area contributed by atoms with Crippen LogP contribution in [0.4, 0.5) is 0 Å². The molecular formula is C16H25NO. The molecule has 1 saturated heterocycles. The lowest BCUT2D eigenvalue weighted by atomic mass is 9.89. The van der Waals surface area contributed by atoms with Gasteiger partial charge in [-0.05, 0) is 64.1 Å². The summed E-state index contributed by atoms with van der Waals surface area (Å²) in [6.45, 7) is 7.14. The van der Waals surface area contributed by atoms with Crippen LogP contribution in [0.1, 0.15) is 51.2 Å². The SMILES string of the molecule is CC(C)(O)CCc1ccc(C2(C)CCCN2)cc1. The molecule has 0 saturated carbocycles. The summed E-state index contributed by atoms with van der Waals surface area (Å²) in [5, 5.41) is 13.3. The lowest BCUT2D eigenvalue weighted by Gasteiger charge is -2.25. The van der Waals surface area contributed by atoms with Crippen LogP contribution in [0.5, 0.6) is 0 Å². The Bertz CT molecular complexity index is 383. The summed E-state index contributed by atoms with van der Waals surface area (Å²) in [6.07, 6.45) is 4.22. The average Bonchev–Trinajstić information content (AvgIpc) is 2.75. The zero-order chi connectivity index (χ0) is 13.2. The molecule has 0 amide bonds. The zero-order valence-corrected chi connectivity index (χ0v) is 11.8. The second-order valence-electron chi connectivity index (χ2n) is 6.37. The fraction of sp³-hybridized carbons (Fsp3) is 0.625. The summed E-state index contributed by atoms with van der Waals surface area (Å²) in [7, 11) is 0. The quantitative estimate of drug-likeness (QED) is 0.857. The number of nitrogens with one attached hydrogen (secondary N) is 1. The van der Waals surface area contributed by atoms with Crippen LogP contribution in [0.3, 0.4) is 0 Å². The van der Waals surface area contributed by atoms with Gasteiger partial charge in [-0.15, -0.1) is 0 Å². The zero-order valence-electron chi connectivity index (χ0n) is 11.8. The molecule has 0 aromatic heterocycles. The Labute approximate surface area is 110 Å². The number of hydrogen-bond acceptors (Lipinski definition) is 2. The van der Waals surface area contributed by atoms with Gasteiger partial charge in [0.15, 0.2) is 0 Å². The lowest BCUT2D eigenvalue weighted by Crippen LogP contribution is -2.33. The van der Waals surface area contributed by atoms with Gasteiger partial charge in [-0.1, -0.05) is 24.3 Å². The topological polar surface area (TPSA) is 32.3 Å². The van der Waals surface area contributed by atoms with Crippen molar-refractivity contribution >= 4 is 0 Å². The maximum Gasteiger partial charge on any atom is 0.0594 e. The van der Waals surface area contributed by atoms with E-state index in [2.05, 4.69) is 36.5 Å². The largest absolute Gasteiger partial charge is 0.390 e. The minimum absolute atomic E-state index is 0.161. The van der Waals surface area contributed by atoms with E-state index in [9.17, 15) is 5.11 Å². The van der Waals surface area contributed by atoms with Crippen molar-refractivity contribution in [3.63, 3.8) is 0 Å². The number of aliphatic hydroxyl groups is 1. The van der Waals surface area contributed by atoms with E-state index in [-0.39, 0.29) is 5.54 Å². The average molecular weight is 247 g/mol. The van der Waals surface area contributed by atoms with Crippen molar-refractivity contribution in [3.05, 3.63) is 35.4 Å². The maximum absolute atomic E-state index is 9.74. The fourth-order valence-corrected chi connectivity index (χ4v) is 2.63. The molecule has 0 radical (unpaired) electrons. The van der Waals surface area contributed by atoms with Crippen molar-refractivity contribution in [2.45, 2.75) is 57.6 Å². The third-order valence-corrected chi connectivity index (χ3v) is 3.99. The summed E-state index contributed by atoms with van der Waals surface area (Å²) in [5.74, 6) is 0. The predicted molar refractivity (Wildman–Crippen MR) is 75.6 cm³/mol. The van der Waals surface area contributed by atoms with Gasteiger partial charge >= 0.3 is 0 Å². The van der Waals surface area contributed by atoms with Crippen LogP contribution in [-0.4, -0.2) is 17.3 Å². The molecule has 18 heavy (non-hydrogen) atoms. The highest BCUT2D eigenvalue weighted by atomic mass is 16.3. The first-order chi connectivity index (χ1) is 8.39. The normalized spacial score (nSPS) is 24.4. The van der Waals surface area contributed by atoms with Crippen LogP contribution in [-0.2, 0) is 12.0 Å². The molecule has 1 aromatic carbocycles. The van der Waals surface area contributed by atoms with Crippen LogP contribution < -0.4 is 5.32 Å². The monoisotopic (exact) mass is 247 g/mol. The Balaban J connectivity index is 2.01. The Morgan fingerprint density at radius 3 is 2.44 bits per heavy atom. The Hall–Kier alpha value is -0.860. The molecule has 1 heterocycles. The maximum atomic E-state index is 9.74. The number of hydrogen-bond donors (Lipinski definition) is 2. The van der Waals surface area contributed by atoms with E-state index in [0.29, 0.717) is 0 Å². The third kappa shape index (κ3) is 3.33. The Morgan fingerprint density at radius 1 is 1.28 bits per heavy atom. The highest BCUT2D eigenvalue weighted by Gasteiger charge is 2.29. The first kappa shape index (κ1) is 13.6. The second-order valence-corrected chi connectivity index (χ2v) is 6.37. The summed E-state index contributed by atoms with van der Waals surface area (Å²) < 4.78 is 0. The van der Waals surface area contributed by atoms with Crippen molar-refractivity contribution in [2.75, 3.05) is 6.54 Å². The van der Waals surface area contributed by atoms with E-state index in [1.54, 1.807) is 0 Å². The van der Waals surface area contributed by atoms with E-state index in [0.717, 1.165) is 19.4 Å². The van der Waals surface area contributed by atoms with Crippen molar-refractivity contribution in [3.8, 4) is 0 Å². The van der Waals surface area contributed by atoms with Crippen molar-refractivity contribution < 1.29 is 5.11 Å². The highest BCUT2D eigenvalue weighted by molar-refractivity contribution is 5.29. The first-order valence-electron chi connectivity index (χ1n) is 6.96. The molecule has 0 spiro atoms. The predicted octanol–water partition coefficient (Wildman–Crippen LogP) is 2.99. The van der Waals surface area contributed by atoms with Gasteiger partial charge in [0.25, 0.3) is 0 Å². The molecule has 1 aliphatic rings. The molecule has 1 aliphatic heterocycles. The molecule has 2 nitrogen and oxygen atoms in total. The summed E-state index contributed by atoms with van der Waals surface area (Å²) in [6, 6.07) is 8.87. The van der Waals surface area contributed by atoms with Gasteiger partial charge in [-0.3, -0.25) is 0 Å². The van der Waals surface area contributed by atoms with Crippen LogP contribution in [0.2, 0.25) is 0 Å². The standard InChI is InChI=1S/C16H25NO/c1-15(2,18)11-9-13-5-7-14(8-6-13)16(3)10-4-12-17-16/h5-8,17-18H,4,9-12H2,1-3H3. The smallest absolute Gasteiger partial charge is 0.0594 e. The lowest BCUT2D eigenvalue weighted by molar-refractivity contribution is 0.0714. The van der Waals surface area contributed by atoms with E-state index in [4.69, 9.17) is 0 Å². The molecule has 1 aromatic rings. The minimum atomic E-state index is -0.572. The second kappa shape index (κ2) is 5.02. The van der Waals surface area contributed by atoms with Crippen molar-refractivity contribution in [1.82, 2.24) is 5.32 Å². The van der Waals surface area contributed by atoms with Crippen LogP contribution in [0.15, 0.2) is 24.3 Å². The highest BCUT2D eigenvalue weighted by Crippen LogP contribution is 2.30. The fourth-order valence-electron chi connectivity index (χ4n) is 2.63. The van der Waals surface area contributed by atoms with Crippen LogP contribution >= 0.6 is 0 Å². The molecule has 1 atom stereocenters. The molecule has 0 bridgehead atoms. The summed E-state index contributed by atoms with van der Waals surface area (Å²) in [5.41, 5.74) is 2.28. The number of rotatable bonds is 4. The van der Waals surface area contributed by atoms with Gasteiger partial charge in [-0.2, -0.15) is 0 Å². The summed E-state index contributed by atoms with van der Waals surface area (Å²) in [4.78, 5) is 0. The van der Waals surface area contributed by atoms with E-state index < -0.39 is 5.60 Å². The molecule has 1 unspecified atom stereocenters. The van der Waals surface area contributed by atoms with Gasteiger partial charge in [0.05, 0.1) is 5.60 Å². The number of benzene rings is 1. The van der Waals surface area contributed by atoms with Crippen LogP contribution in [0, 0.1) is 0 Å². The molecule has 100 valence electrons.